The van der Waals surface area contributed by atoms with Crippen molar-refractivity contribution in [3.8, 4) is 0 Å². The minimum Gasteiger partial charge on any atom is -0.351 e. The highest BCUT2D eigenvalue weighted by atomic mass is 16.2. The lowest BCUT2D eigenvalue weighted by Crippen LogP contribution is -2.42. The van der Waals surface area contributed by atoms with E-state index in [-0.39, 0.29) is 41.2 Å². The summed E-state index contributed by atoms with van der Waals surface area (Å²) in [5, 5.41) is 5.51. The summed E-state index contributed by atoms with van der Waals surface area (Å²) in [5.74, 6) is -0.875. The van der Waals surface area contributed by atoms with Gasteiger partial charge >= 0.3 is 0 Å². The standard InChI is InChI=1S/C21H25N5O3/c1-13-7-5-6-10-26(13)21-24-18-17(20(29)25-21)15(11-16(27)23-18)19(28)22-12-14-8-3-2-4-9-14/h2-4,8-9,13,15H,5-7,10-12H2,1H3,(H,22,28)(H2,23,24,25,27,29). The highest BCUT2D eigenvalue weighted by molar-refractivity contribution is 6.00. The highest BCUT2D eigenvalue weighted by Gasteiger charge is 2.35. The minimum absolute atomic E-state index is 0.0716. The van der Waals surface area contributed by atoms with Crippen LogP contribution in [0.25, 0.3) is 0 Å². The summed E-state index contributed by atoms with van der Waals surface area (Å²) in [6.45, 7) is 3.23. The summed E-state index contributed by atoms with van der Waals surface area (Å²) in [4.78, 5) is 47.3. The van der Waals surface area contributed by atoms with Crippen molar-refractivity contribution in [3.05, 3.63) is 51.8 Å². The Morgan fingerprint density at radius 1 is 1.24 bits per heavy atom. The summed E-state index contributed by atoms with van der Waals surface area (Å²) in [6.07, 6.45) is 3.13. The van der Waals surface area contributed by atoms with Crippen LogP contribution in [0, 0.1) is 0 Å². The largest absolute Gasteiger partial charge is 0.351 e. The van der Waals surface area contributed by atoms with E-state index < -0.39 is 5.92 Å². The zero-order valence-electron chi connectivity index (χ0n) is 16.4. The minimum atomic E-state index is -0.855. The molecule has 1 fully saturated rings. The molecule has 2 aromatic rings. The molecule has 3 heterocycles. The highest BCUT2D eigenvalue weighted by Crippen LogP contribution is 2.30. The molecule has 2 aliphatic heterocycles. The van der Waals surface area contributed by atoms with Crippen molar-refractivity contribution in [2.45, 2.75) is 51.1 Å². The van der Waals surface area contributed by atoms with Crippen LogP contribution in [-0.4, -0.2) is 34.4 Å². The van der Waals surface area contributed by atoms with Gasteiger partial charge in [-0.2, -0.15) is 4.98 Å². The molecule has 0 radical (unpaired) electrons. The summed E-state index contributed by atoms with van der Waals surface area (Å²) in [7, 11) is 0. The zero-order valence-corrected chi connectivity index (χ0v) is 16.4. The van der Waals surface area contributed by atoms with Gasteiger partial charge in [-0.25, -0.2) is 0 Å². The number of nitrogens with zero attached hydrogens (tertiary/aromatic N) is 2. The van der Waals surface area contributed by atoms with E-state index in [0.29, 0.717) is 12.5 Å². The molecule has 29 heavy (non-hydrogen) atoms. The second-order valence-corrected chi connectivity index (χ2v) is 7.70. The number of carbonyl (C=O) groups excluding carboxylic acids is 2. The van der Waals surface area contributed by atoms with Gasteiger partial charge in [-0.05, 0) is 31.7 Å². The number of aromatic amines is 1. The molecule has 8 heteroatoms. The molecule has 1 saturated heterocycles. The van der Waals surface area contributed by atoms with E-state index in [9.17, 15) is 14.4 Å². The molecular formula is C21H25N5O3. The van der Waals surface area contributed by atoms with Crippen LogP contribution in [0.15, 0.2) is 35.1 Å². The molecule has 152 valence electrons. The number of nitrogens with one attached hydrogen (secondary N) is 3. The van der Waals surface area contributed by atoms with Crippen LogP contribution >= 0.6 is 0 Å². The maximum absolute atomic E-state index is 12.9. The van der Waals surface area contributed by atoms with Gasteiger partial charge in [0, 0.05) is 25.6 Å². The molecule has 2 unspecified atom stereocenters. The first-order valence-electron chi connectivity index (χ1n) is 10.1. The predicted molar refractivity (Wildman–Crippen MR) is 110 cm³/mol. The monoisotopic (exact) mass is 395 g/mol. The Balaban J connectivity index is 1.60. The summed E-state index contributed by atoms with van der Waals surface area (Å²) in [5.41, 5.74) is 0.800. The molecule has 1 aromatic carbocycles. The molecule has 4 rings (SSSR count). The Labute approximate surface area is 168 Å². The maximum Gasteiger partial charge on any atom is 0.258 e. The number of H-pyrrole nitrogens is 1. The number of hydrogen-bond acceptors (Lipinski definition) is 5. The molecule has 0 spiro atoms. The Kier molecular flexibility index (Phi) is 5.33. The molecule has 1 aromatic heterocycles. The number of amides is 2. The lowest BCUT2D eigenvalue weighted by Gasteiger charge is -2.34. The van der Waals surface area contributed by atoms with Crippen LogP contribution < -0.4 is 21.1 Å². The average Bonchev–Trinajstić information content (AvgIpc) is 2.72. The van der Waals surface area contributed by atoms with E-state index >= 15 is 0 Å². The average molecular weight is 395 g/mol. The first-order chi connectivity index (χ1) is 14.0. The van der Waals surface area contributed by atoms with Crippen LogP contribution in [0.3, 0.4) is 0 Å². The van der Waals surface area contributed by atoms with Crippen molar-refractivity contribution in [1.29, 1.82) is 0 Å². The van der Waals surface area contributed by atoms with Crippen molar-refractivity contribution in [3.63, 3.8) is 0 Å². The molecule has 2 amide bonds. The summed E-state index contributed by atoms with van der Waals surface area (Å²) in [6, 6.07) is 9.75. The number of hydrogen-bond donors (Lipinski definition) is 3. The lowest BCUT2D eigenvalue weighted by atomic mass is 9.92. The number of aromatic nitrogens is 2. The van der Waals surface area contributed by atoms with Gasteiger partial charge in [-0.3, -0.25) is 19.4 Å². The van der Waals surface area contributed by atoms with Crippen LogP contribution in [-0.2, 0) is 16.1 Å². The third kappa shape index (κ3) is 4.01. The number of piperidine rings is 1. The van der Waals surface area contributed by atoms with Gasteiger partial charge in [0.2, 0.25) is 17.8 Å². The Bertz CT molecular complexity index is 972. The van der Waals surface area contributed by atoms with E-state index in [0.717, 1.165) is 31.4 Å². The van der Waals surface area contributed by atoms with Gasteiger partial charge in [0.15, 0.2) is 0 Å². The number of carbonyl (C=O) groups is 2. The van der Waals surface area contributed by atoms with Crippen molar-refractivity contribution >= 4 is 23.6 Å². The van der Waals surface area contributed by atoms with Crippen molar-refractivity contribution in [2.75, 3.05) is 16.8 Å². The topological polar surface area (TPSA) is 107 Å². The zero-order chi connectivity index (χ0) is 20.4. The Hall–Kier alpha value is -3.16. The Morgan fingerprint density at radius 2 is 2.03 bits per heavy atom. The molecular weight excluding hydrogens is 370 g/mol. The van der Waals surface area contributed by atoms with Crippen molar-refractivity contribution < 1.29 is 9.59 Å². The van der Waals surface area contributed by atoms with Crippen LogP contribution in [0.2, 0.25) is 0 Å². The number of rotatable bonds is 4. The molecule has 3 N–H and O–H groups in total. The Morgan fingerprint density at radius 3 is 2.79 bits per heavy atom. The van der Waals surface area contributed by atoms with Gasteiger partial charge in [0.25, 0.3) is 5.56 Å². The van der Waals surface area contributed by atoms with Gasteiger partial charge in [-0.15, -0.1) is 0 Å². The third-order valence-corrected chi connectivity index (χ3v) is 5.64. The molecule has 0 aliphatic carbocycles. The summed E-state index contributed by atoms with van der Waals surface area (Å²) < 4.78 is 0. The quantitative estimate of drug-likeness (QED) is 0.733. The molecule has 2 aliphatic rings. The molecule has 0 saturated carbocycles. The van der Waals surface area contributed by atoms with Crippen LogP contribution in [0.1, 0.15) is 49.7 Å². The summed E-state index contributed by atoms with van der Waals surface area (Å²) >= 11 is 0. The number of anilines is 2. The van der Waals surface area contributed by atoms with E-state index in [4.69, 9.17) is 0 Å². The molecule has 2 atom stereocenters. The number of fused-ring (bicyclic) bond motifs is 1. The fourth-order valence-corrected chi connectivity index (χ4v) is 4.04. The van der Waals surface area contributed by atoms with Gasteiger partial charge in [0.1, 0.15) is 5.82 Å². The lowest BCUT2D eigenvalue weighted by molar-refractivity contribution is -0.126. The molecule has 0 bridgehead atoms. The van der Waals surface area contributed by atoms with Gasteiger partial charge < -0.3 is 15.5 Å². The normalized spacial score (nSPS) is 21.3. The second kappa shape index (κ2) is 8.06. The van der Waals surface area contributed by atoms with E-state index in [1.807, 2.05) is 30.3 Å². The van der Waals surface area contributed by atoms with E-state index in [1.54, 1.807) is 0 Å². The number of benzene rings is 1. The fourth-order valence-electron chi connectivity index (χ4n) is 4.04. The first-order valence-corrected chi connectivity index (χ1v) is 10.1. The first kappa shape index (κ1) is 19.2. The van der Waals surface area contributed by atoms with Crippen LogP contribution in [0.5, 0.6) is 0 Å². The SMILES string of the molecule is CC1CCCCN1c1nc2c(c(=O)[nH]1)C(C(=O)NCc1ccccc1)CC(=O)N2. The predicted octanol–water partition coefficient (Wildman–Crippen LogP) is 1.89. The van der Waals surface area contributed by atoms with Gasteiger partial charge in [0.05, 0.1) is 11.5 Å². The van der Waals surface area contributed by atoms with E-state index in [1.165, 1.54) is 0 Å². The maximum atomic E-state index is 12.9. The second-order valence-electron chi connectivity index (χ2n) is 7.70. The molecule has 8 nitrogen and oxygen atoms in total. The van der Waals surface area contributed by atoms with E-state index in [2.05, 4.69) is 32.4 Å². The van der Waals surface area contributed by atoms with Crippen LogP contribution in [0.4, 0.5) is 11.8 Å². The third-order valence-electron chi connectivity index (χ3n) is 5.64. The van der Waals surface area contributed by atoms with Crippen molar-refractivity contribution in [2.24, 2.45) is 0 Å². The fraction of sp³-hybridized carbons (Fsp3) is 0.429. The smallest absolute Gasteiger partial charge is 0.258 e. The van der Waals surface area contributed by atoms with Crippen molar-refractivity contribution in [1.82, 2.24) is 15.3 Å². The van der Waals surface area contributed by atoms with Gasteiger partial charge in [-0.1, -0.05) is 30.3 Å².